The number of hydrogen-bond donors (Lipinski definition) is 4. The largest absolute Gasteiger partial charge is 0.366 e. The Morgan fingerprint density at radius 3 is 3.00 bits per heavy atom. The molecular formula is C21H22N8O. The fourth-order valence-electron chi connectivity index (χ4n) is 3.73. The van der Waals surface area contributed by atoms with Crippen molar-refractivity contribution in [2.24, 2.45) is 5.92 Å². The fourth-order valence-corrected chi connectivity index (χ4v) is 3.73. The van der Waals surface area contributed by atoms with E-state index in [0.717, 1.165) is 54.0 Å². The Morgan fingerprint density at radius 2 is 2.17 bits per heavy atom. The molecule has 1 amide bonds. The summed E-state index contributed by atoms with van der Waals surface area (Å²) in [5.41, 5.74) is 3.27. The summed E-state index contributed by atoms with van der Waals surface area (Å²) < 4.78 is 0. The van der Waals surface area contributed by atoms with Crippen LogP contribution in [0.15, 0.2) is 36.8 Å². The molecule has 3 aromatic rings. The Morgan fingerprint density at radius 1 is 1.27 bits per heavy atom. The molecule has 2 fully saturated rings. The van der Waals surface area contributed by atoms with Crippen molar-refractivity contribution in [2.75, 3.05) is 35.2 Å². The smallest absolute Gasteiger partial charge is 0.227 e. The van der Waals surface area contributed by atoms with E-state index in [9.17, 15) is 10.1 Å². The first kappa shape index (κ1) is 18.4. The second-order valence-corrected chi connectivity index (χ2v) is 7.66. The van der Waals surface area contributed by atoms with Gasteiger partial charge in [-0.1, -0.05) is 0 Å². The van der Waals surface area contributed by atoms with Crippen molar-refractivity contribution in [2.45, 2.75) is 18.9 Å². The highest BCUT2D eigenvalue weighted by Gasteiger charge is 2.30. The lowest BCUT2D eigenvalue weighted by molar-refractivity contribution is -0.117. The number of aromatic amines is 1. The molecule has 2 aliphatic rings. The molecule has 9 nitrogen and oxygen atoms in total. The number of aromatic nitrogens is 3. The van der Waals surface area contributed by atoms with Crippen LogP contribution in [0.5, 0.6) is 0 Å². The number of amides is 1. The monoisotopic (exact) mass is 402 g/mol. The van der Waals surface area contributed by atoms with Crippen LogP contribution in [0.1, 0.15) is 12.8 Å². The summed E-state index contributed by atoms with van der Waals surface area (Å²) in [4.78, 5) is 26.2. The zero-order valence-corrected chi connectivity index (χ0v) is 16.4. The third-order valence-corrected chi connectivity index (χ3v) is 5.49. The van der Waals surface area contributed by atoms with E-state index in [1.54, 1.807) is 0 Å². The molecule has 0 bridgehead atoms. The standard InChI is InChI=1S/C21H22N8O/c22-10-15-11-29(8-7-23-15)18-4-3-14(27-21(30)13-1-2-13)9-17(18)28-20-16-5-6-24-19(16)25-12-26-20/h3-6,9,12-13,15,23H,1-2,7-8,11H2,(H,27,30)(H2,24,25,26,28). The van der Waals surface area contributed by atoms with Crippen molar-refractivity contribution in [1.29, 1.82) is 5.26 Å². The van der Waals surface area contributed by atoms with E-state index in [2.05, 4.69) is 41.9 Å². The molecular weight excluding hydrogens is 380 g/mol. The molecule has 1 aliphatic carbocycles. The zero-order chi connectivity index (χ0) is 20.5. The summed E-state index contributed by atoms with van der Waals surface area (Å²) in [7, 11) is 0. The first-order valence-electron chi connectivity index (χ1n) is 10.1. The van der Waals surface area contributed by atoms with Gasteiger partial charge in [-0.05, 0) is 37.1 Å². The number of carbonyl (C=O) groups is 1. The molecule has 5 rings (SSSR count). The summed E-state index contributed by atoms with van der Waals surface area (Å²) in [5, 5.41) is 19.9. The molecule has 2 aromatic heterocycles. The number of nitrogens with zero attached hydrogens (tertiary/aromatic N) is 4. The maximum Gasteiger partial charge on any atom is 0.227 e. The molecule has 0 radical (unpaired) electrons. The summed E-state index contributed by atoms with van der Waals surface area (Å²) in [6.07, 6.45) is 5.25. The topological polar surface area (TPSA) is 122 Å². The fraction of sp³-hybridized carbons (Fsp3) is 0.333. The number of H-pyrrole nitrogens is 1. The van der Waals surface area contributed by atoms with Gasteiger partial charge in [0.1, 0.15) is 23.8 Å². The van der Waals surface area contributed by atoms with E-state index in [4.69, 9.17) is 0 Å². The van der Waals surface area contributed by atoms with Crippen molar-refractivity contribution < 1.29 is 4.79 Å². The molecule has 1 saturated carbocycles. The highest BCUT2D eigenvalue weighted by Crippen LogP contribution is 2.35. The quantitative estimate of drug-likeness (QED) is 0.517. The van der Waals surface area contributed by atoms with Gasteiger partial charge < -0.3 is 20.5 Å². The molecule has 9 heteroatoms. The van der Waals surface area contributed by atoms with Gasteiger partial charge in [-0.2, -0.15) is 5.26 Å². The number of piperazine rings is 1. The summed E-state index contributed by atoms with van der Waals surface area (Å²) in [5.74, 6) is 0.877. The molecule has 1 saturated heterocycles. The van der Waals surface area contributed by atoms with Crippen LogP contribution in [-0.4, -0.2) is 46.5 Å². The zero-order valence-electron chi connectivity index (χ0n) is 16.4. The van der Waals surface area contributed by atoms with Crippen LogP contribution in [0.2, 0.25) is 0 Å². The van der Waals surface area contributed by atoms with Gasteiger partial charge in [-0.15, -0.1) is 0 Å². The van der Waals surface area contributed by atoms with Crippen molar-refractivity contribution >= 4 is 39.8 Å². The van der Waals surface area contributed by atoms with Crippen molar-refractivity contribution in [1.82, 2.24) is 20.3 Å². The number of hydrogen-bond acceptors (Lipinski definition) is 7. The van der Waals surface area contributed by atoms with E-state index in [1.165, 1.54) is 6.33 Å². The van der Waals surface area contributed by atoms with E-state index in [0.29, 0.717) is 12.4 Å². The third kappa shape index (κ3) is 3.65. The molecule has 1 aromatic carbocycles. The molecule has 3 heterocycles. The van der Waals surface area contributed by atoms with Crippen LogP contribution in [0, 0.1) is 17.2 Å². The number of nitrogens with one attached hydrogen (secondary N) is 4. The van der Waals surface area contributed by atoms with Gasteiger partial charge in [0.05, 0.1) is 22.8 Å². The molecule has 152 valence electrons. The number of benzene rings is 1. The Balaban J connectivity index is 1.50. The molecule has 4 N–H and O–H groups in total. The minimum Gasteiger partial charge on any atom is -0.366 e. The van der Waals surface area contributed by atoms with Crippen LogP contribution in [0.25, 0.3) is 11.0 Å². The molecule has 0 spiro atoms. The maximum atomic E-state index is 12.2. The van der Waals surface area contributed by atoms with Gasteiger partial charge in [0, 0.05) is 37.4 Å². The number of nitriles is 1. The molecule has 1 unspecified atom stereocenters. The number of fused-ring (bicyclic) bond motifs is 1. The lowest BCUT2D eigenvalue weighted by atomic mass is 10.1. The Hall–Kier alpha value is -3.64. The number of anilines is 4. The average Bonchev–Trinajstić information content (AvgIpc) is 3.51. The Kier molecular flexibility index (Phi) is 4.69. The highest BCUT2D eigenvalue weighted by molar-refractivity contribution is 5.96. The SMILES string of the molecule is N#CC1CN(c2ccc(NC(=O)C3CC3)cc2Nc2ncnc3[nH]ccc23)CCN1. The van der Waals surface area contributed by atoms with Crippen LogP contribution in [0.3, 0.4) is 0 Å². The van der Waals surface area contributed by atoms with Crippen molar-refractivity contribution in [3.8, 4) is 6.07 Å². The van der Waals surface area contributed by atoms with Gasteiger partial charge in [0.25, 0.3) is 0 Å². The second kappa shape index (κ2) is 7.65. The van der Waals surface area contributed by atoms with E-state index >= 15 is 0 Å². The number of rotatable bonds is 5. The van der Waals surface area contributed by atoms with Crippen LogP contribution < -0.4 is 20.9 Å². The third-order valence-electron chi connectivity index (χ3n) is 5.49. The first-order chi connectivity index (χ1) is 14.7. The summed E-state index contributed by atoms with van der Waals surface area (Å²) >= 11 is 0. The summed E-state index contributed by atoms with van der Waals surface area (Å²) in [6.45, 7) is 2.10. The normalized spacial score (nSPS) is 18.8. The minimum absolute atomic E-state index is 0.0653. The molecule has 1 aliphatic heterocycles. The van der Waals surface area contributed by atoms with Crippen molar-refractivity contribution in [3.05, 3.63) is 36.8 Å². The van der Waals surface area contributed by atoms with Gasteiger partial charge >= 0.3 is 0 Å². The lowest BCUT2D eigenvalue weighted by Crippen LogP contribution is -2.50. The molecule has 30 heavy (non-hydrogen) atoms. The summed E-state index contributed by atoms with van der Waals surface area (Å²) in [6, 6.07) is 9.82. The predicted molar refractivity (Wildman–Crippen MR) is 115 cm³/mol. The van der Waals surface area contributed by atoms with E-state index in [1.807, 2.05) is 30.5 Å². The van der Waals surface area contributed by atoms with Gasteiger partial charge in [0.15, 0.2) is 0 Å². The average molecular weight is 402 g/mol. The maximum absolute atomic E-state index is 12.2. The van der Waals surface area contributed by atoms with Crippen molar-refractivity contribution in [3.63, 3.8) is 0 Å². The van der Waals surface area contributed by atoms with E-state index in [-0.39, 0.29) is 17.9 Å². The van der Waals surface area contributed by atoms with Gasteiger partial charge in [-0.3, -0.25) is 10.1 Å². The lowest BCUT2D eigenvalue weighted by Gasteiger charge is -2.33. The van der Waals surface area contributed by atoms with Crippen LogP contribution in [-0.2, 0) is 4.79 Å². The van der Waals surface area contributed by atoms with Gasteiger partial charge in [0.2, 0.25) is 5.91 Å². The molecule has 1 atom stereocenters. The van der Waals surface area contributed by atoms with Crippen LogP contribution >= 0.6 is 0 Å². The van der Waals surface area contributed by atoms with E-state index < -0.39 is 0 Å². The van der Waals surface area contributed by atoms with Gasteiger partial charge in [-0.25, -0.2) is 9.97 Å². The predicted octanol–water partition coefficient (Wildman–Crippen LogP) is 2.35. The number of carbonyl (C=O) groups excluding carboxylic acids is 1. The Bertz CT molecular complexity index is 1130. The highest BCUT2D eigenvalue weighted by atomic mass is 16.2. The minimum atomic E-state index is -0.226. The Labute approximate surface area is 173 Å². The first-order valence-corrected chi connectivity index (χ1v) is 10.1. The second-order valence-electron chi connectivity index (χ2n) is 7.66. The van der Waals surface area contributed by atoms with Crippen LogP contribution in [0.4, 0.5) is 22.9 Å².